The largest absolute Gasteiger partial charge is 0.439 e. The van der Waals surface area contributed by atoms with E-state index in [-0.39, 0.29) is 5.28 Å². The summed E-state index contributed by atoms with van der Waals surface area (Å²) in [5, 5.41) is 0.174. The molecule has 0 saturated carbocycles. The molecule has 1 aromatic carbocycles. The quantitative estimate of drug-likeness (QED) is 0.775. The van der Waals surface area contributed by atoms with E-state index in [1.165, 1.54) is 0 Å². The fourth-order valence-electron chi connectivity index (χ4n) is 1.46. The van der Waals surface area contributed by atoms with Gasteiger partial charge >= 0.3 is 0 Å². The third-order valence-corrected chi connectivity index (χ3v) is 3.67. The summed E-state index contributed by atoms with van der Waals surface area (Å²) in [6.45, 7) is 4.02. The molecule has 0 aliphatic heterocycles. The summed E-state index contributed by atoms with van der Waals surface area (Å²) in [4.78, 5) is 7.77. The second-order valence-corrected chi connectivity index (χ2v) is 4.77. The standard InChI is InChI=1S/C12H10BrClN2O/c1-7-5-9(6-8(2)11(7)13)17-10-3-4-15-12(14)16-10/h3-6H,1-2H3. The first-order valence-corrected chi connectivity index (χ1v) is 6.16. The molecule has 0 saturated heterocycles. The van der Waals surface area contributed by atoms with Crippen LogP contribution in [0.5, 0.6) is 11.6 Å². The van der Waals surface area contributed by atoms with Crippen LogP contribution < -0.4 is 4.74 Å². The van der Waals surface area contributed by atoms with Crippen molar-refractivity contribution in [3.63, 3.8) is 0 Å². The van der Waals surface area contributed by atoms with Crippen molar-refractivity contribution in [2.24, 2.45) is 0 Å². The lowest BCUT2D eigenvalue weighted by Crippen LogP contribution is -1.91. The fraction of sp³-hybridized carbons (Fsp3) is 0.167. The fourth-order valence-corrected chi connectivity index (χ4v) is 1.83. The molecular weight excluding hydrogens is 304 g/mol. The zero-order valence-corrected chi connectivity index (χ0v) is 11.7. The summed E-state index contributed by atoms with van der Waals surface area (Å²) < 4.78 is 6.71. The molecule has 3 nitrogen and oxygen atoms in total. The van der Waals surface area contributed by atoms with Gasteiger partial charge in [0.15, 0.2) is 0 Å². The minimum Gasteiger partial charge on any atom is -0.439 e. The number of rotatable bonds is 2. The average Bonchev–Trinajstić information content (AvgIpc) is 2.26. The molecule has 0 atom stereocenters. The lowest BCUT2D eigenvalue weighted by molar-refractivity contribution is 0.460. The van der Waals surface area contributed by atoms with Gasteiger partial charge in [-0.05, 0) is 48.7 Å². The van der Waals surface area contributed by atoms with Gasteiger partial charge in [0, 0.05) is 16.7 Å². The van der Waals surface area contributed by atoms with Crippen molar-refractivity contribution in [1.82, 2.24) is 9.97 Å². The molecule has 0 unspecified atom stereocenters. The first-order valence-electron chi connectivity index (χ1n) is 4.99. The zero-order valence-electron chi connectivity index (χ0n) is 9.37. The van der Waals surface area contributed by atoms with Crippen molar-refractivity contribution in [1.29, 1.82) is 0 Å². The molecule has 2 aromatic rings. The maximum atomic E-state index is 5.69. The van der Waals surface area contributed by atoms with Crippen LogP contribution in [0.1, 0.15) is 11.1 Å². The lowest BCUT2D eigenvalue weighted by Gasteiger charge is -2.08. The number of nitrogens with zero attached hydrogens (tertiary/aromatic N) is 2. The van der Waals surface area contributed by atoms with Crippen molar-refractivity contribution in [2.45, 2.75) is 13.8 Å². The van der Waals surface area contributed by atoms with E-state index < -0.39 is 0 Å². The Kier molecular flexibility index (Phi) is 3.64. The van der Waals surface area contributed by atoms with Crippen molar-refractivity contribution in [3.8, 4) is 11.6 Å². The molecule has 0 aliphatic carbocycles. The van der Waals surface area contributed by atoms with Crippen LogP contribution in [-0.2, 0) is 0 Å². The summed E-state index contributed by atoms with van der Waals surface area (Å²) in [6, 6.07) is 5.54. The summed E-state index contributed by atoms with van der Waals surface area (Å²) in [6.07, 6.45) is 1.56. The Morgan fingerprint density at radius 2 is 1.88 bits per heavy atom. The molecule has 17 heavy (non-hydrogen) atoms. The highest BCUT2D eigenvalue weighted by atomic mass is 79.9. The van der Waals surface area contributed by atoms with Crippen molar-refractivity contribution >= 4 is 27.5 Å². The monoisotopic (exact) mass is 312 g/mol. The van der Waals surface area contributed by atoms with Gasteiger partial charge in [-0.25, -0.2) is 4.98 Å². The number of benzene rings is 1. The molecule has 0 N–H and O–H groups in total. The Balaban J connectivity index is 2.31. The minimum atomic E-state index is 0.174. The van der Waals surface area contributed by atoms with Crippen molar-refractivity contribution in [2.75, 3.05) is 0 Å². The van der Waals surface area contributed by atoms with E-state index in [0.29, 0.717) is 5.88 Å². The van der Waals surface area contributed by atoms with Crippen LogP contribution in [0.2, 0.25) is 5.28 Å². The van der Waals surface area contributed by atoms with Crippen LogP contribution in [0.4, 0.5) is 0 Å². The minimum absolute atomic E-state index is 0.174. The third-order valence-electron chi connectivity index (χ3n) is 2.23. The zero-order chi connectivity index (χ0) is 12.4. The van der Waals surface area contributed by atoms with Crippen LogP contribution in [-0.4, -0.2) is 9.97 Å². The molecule has 0 amide bonds. The van der Waals surface area contributed by atoms with E-state index in [1.54, 1.807) is 12.3 Å². The number of hydrogen-bond donors (Lipinski definition) is 0. The Hall–Kier alpha value is -1.13. The van der Waals surface area contributed by atoms with Crippen molar-refractivity contribution < 1.29 is 4.74 Å². The highest BCUT2D eigenvalue weighted by Crippen LogP contribution is 2.28. The second kappa shape index (κ2) is 5.02. The lowest BCUT2D eigenvalue weighted by atomic mass is 10.1. The number of aryl methyl sites for hydroxylation is 2. The SMILES string of the molecule is Cc1cc(Oc2ccnc(Cl)n2)cc(C)c1Br. The molecule has 0 spiro atoms. The highest BCUT2D eigenvalue weighted by molar-refractivity contribution is 9.10. The highest BCUT2D eigenvalue weighted by Gasteiger charge is 2.05. The molecule has 0 aliphatic rings. The number of ether oxygens (including phenoxy) is 1. The van der Waals surface area contributed by atoms with E-state index in [0.717, 1.165) is 21.3 Å². The van der Waals surface area contributed by atoms with Gasteiger partial charge in [-0.1, -0.05) is 15.9 Å². The molecule has 0 radical (unpaired) electrons. The maximum Gasteiger partial charge on any atom is 0.225 e. The predicted octanol–water partition coefficient (Wildman–Crippen LogP) is 4.30. The molecular formula is C12H10BrClN2O. The van der Waals surface area contributed by atoms with E-state index in [1.807, 2.05) is 26.0 Å². The molecule has 5 heteroatoms. The van der Waals surface area contributed by atoms with Gasteiger partial charge < -0.3 is 4.74 Å². The topological polar surface area (TPSA) is 35.0 Å². The molecule has 2 rings (SSSR count). The average molecular weight is 314 g/mol. The first-order chi connectivity index (χ1) is 8.06. The normalized spacial score (nSPS) is 10.4. The van der Waals surface area contributed by atoms with Gasteiger partial charge in [-0.3, -0.25) is 0 Å². The third kappa shape index (κ3) is 2.96. The number of aromatic nitrogens is 2. The number of halogens is 2. The molecule has 88 valence electrons. The van der Waals surface area contributed by atoms with Crippen LogP contribution in [0.25, 0.3) is 0 Å². The second-order valence-electron chi connectivity index (χ2n) is 3.64. The van der Waals surface area contributed by atoms with Gasteiger partial charge in [0.25, 0.3) is 0 Å². The maximum absolute atomic E-state index is 5.69. The number of hydrogen-bond acceptors (Lipinski definition) is 3. The van der Waals surface area contributed by atoms with Crippen LogP contribution >= 0.6 is 27.5 Å². The van der Waals surface area contributed by atoms with E-state index in [4.69, 9.17) is 16.3 Å². The Labute approximate surface area is 113 Å². The molecule has 1 heterocycles. The van der Waals surface area contributed by atoms with Gasteiger partial charge in [-0.15, -0.1) is 0 Å². The Morgan fingerprint density at radius 1 is 1.24 bits per heavy atom. The molecule has 1 aromatic heterocycles. The van der Waals surface area contributed by atoms with Crippen LogP contribution in [0, 0.1) is 13.8 Å². The van der Waals surface area contributed by atoms with Gasteiger partial charge in [-0.2, -0.15) is 4.98 Å². The summed E-state index contributed by atoms with van der Waals surface area (Å²) >= 11 is 9.20. The first kappa shape index (κ1) is 12.3. The van der Waals surface area contributed by atoms with Gasteiger partial charge in [0.05, 0.1) is 0 Å². The van der Waals surface area contributed by atoms with E-state index in [2.05, 4.69) is 25.9 Å². The van der Waals surface area contributed by atoms with Crippen LogP contribution in [0.3, 0.4) is 0 Å². The van der Waals surface area contributed by atoms with Crippen LogP contribution in [0.15, 0.2) is 28.9 Å². The summed E-state index contributed by atoms with van der Waals surface area (Å²) in [7, 11) is 0. The van der Waals surface area contributed by atoms with Gasteiger partial charge in [0.2, 0.25) is 11.2 Å². The smallest absolute Gasteiger partial charge is 0.225 e. The molecule has 0 fully saturated rings. The van der Waals surface area contributed by atoms with Crippen molar-refractivity contribution in [3.05, 3.63) is 45.3 Å². The summed E-state index contributed by atoms with van der Waals surface area (Å²) in [5.74, 6) is 1.17. The van der Waals surface area contributed by atoms with E-state index in [9.17, 15) is 0 Å². The van der Waals surface area contributed by atoms with E-state index >= 15 is 0 Å². The molecule has 0 bridgehead atoms. The predicted molar refractivity (Wildman–Crippen MR) is 70.7 cm³/mol. The Morgan fingerprint density at radius 3 is 2.47 bits per heavy atom. The summed E-state index contributed by atoms with van der Waals surface area (Å²) in [5.41, 5.74) is 2.22. The van der Waals surface area contributed by atoms with Gasteiger partial charge in [0.1, 0.15) is 5.75 Å². The Bertz CT molecular complexity index is 537.